The van der Waals surface area contributed by atoms with E-state index in [1.165, 1.54) is 25.7 Å². The van der Waals surface area contributed by atoms with Crippen molar-refractivity contribution in [2.75, 3.05) is 26.8 Å². The average Bonchev–Trinajstić information content (AvgIpc) is 3.26. The smallest absolute Gasteiger partial charge is 0.471 e. The number of benzene rings is 1. The lowest BCUT2D eigenvalue weighted by Crippen LogP contribution is -2.37. The molecule has 12 heteroatoms. The molecule has 0 radical (unpaired) electrons. The minimum absolute atomic E-state index is 0.0582. The number of aliphatic imine (C=N–C) groups is 1. The van der Waals surface area contributed by atoms with Crippen LogP contribution in [-0.4, -0.2) is 60.6 Å². The van der Waals surface area contributed by atoms with Gasteiger partial charge < -0.3 is 20.1 Å². The standard InChI is InChI=1S/C21H20F3N5O4/c1-32-15-4-2-5-16(33-9-3-6-27-20(31)21(22,23)24)18(15)13-10-17(28-11-13)29-19(30)14-12-25-7-8-26-14/h2,4-5,7-8,10,12H,3,6,9,11H2,1H3,(H,27,31)(H,28,29,30). The van der Waals surface area contributed by atoms with E-state index in [1.54, 1.807) is 29.6 Å². The molecule has 1 aromatic heterocycles. The highest BCUT2D eigenvalue weighted by Gasteiger charge is 2.38. The van der Waals surface area contributed by atoms with Crippen LogP contribution in [0.5, 0.6) is 11.5 Å². The Kier molecular flexibility index (Phi) is 7.59. The fraction of sp³-hybridized carbons (Fsp3) is 0.286. The van der Waals surface area contributed by atoms with Crippen LogP contribution in [0.15, 0.2) is 47.9 Å². The number of nitrogens with zero attached hydrogens (tertiary/aromatic N) is 3. The van der Waals surface area contributed by atoms with Crippen molar-refractivity contribution >= 4 is 23.2 Å². The number of hydrogen-bond acceptors (Lipinski definition) is 7. The number of nitrogens with one attached hydrogen (secondary N) is 2. The second-order valence-corrected chi connectivity index (χ2v) is 6.70. The molecule has 0 atom stereocenters. The maximum atomic E-state index is 12.3. The zero-order valence-electron chi connectivity index (χ0n) is 17.5. The highest BCUT2D eigenvalue weighted by Crippen LogP contribution is 2.36. The predicted molar refractivity (Wildman–Crippen MR) is 112 cm³/mol. The summed E-state index contributed by atoms with van der Waals surface area (Å²) >= 11 is 0. The van der Waals surface area contributed by atoms with Crippen LogP contribution in [0.2, 0.25) is 0 Å². The van der Waals surface area contributed by atoms with Crippen molar-refractivity contribution in [3.63, 3.8) is 0 Å². The van der Waals surface area contributed by atoms with E-state index in [0.717, 1.165) is 0 Å². The van der Waals surface area contributed by atoms with Crippen LogP contribution in [0.25, 0.3) is 5.57 Å². The van der Waals surface area contributed by atoms with E-state index < -0.39 is 18.0 Å². The van der Waals surface area contributed by atoms with Gasteiger partial charge in [-0.25, -0.2) is 4.98 Å². The molecule has 2 N–H and O–H groups in total. The third kappa shape index (κ3) is 6.28. The molecule has 2 amide bonds. The van der Waals surface area contributed by atoms with Gasteiger partial charge in [-0.2, -0.15) is 13.2 Å². The van der Waals surface area contributed by atoms with Crippen molar-refractivity contribution in [2.45, 2.75) is 12.6 Å². The highest BCUT2D eigenvalue weighted by atomic mass is 19.4. The van der Waals surface area contributed by atoms with Gasteiger partial charge in [0, 0.05) is 18.9 Å². The van der Waals surface area contributed by atoms with Gasteiger partial charge in [-0.3, -0.25) is 19.6 Å². The number of rotatable bonds is 8. The lowest BCUT2D eigenvalue weighted by Gasteiger charge is -2.15. The van der Waals surface area contributed by atoms with Crippen LogP contribution in [0.3, 0.4) is 0 Å². The van der Waals surface area contributed by atoms with Crippen LogP contribution in [0, 0.1) is 0 Å². The molecule has 0 saturated carbocycles. The molecule has 0 spiro atoms. The Bertz CT molecular complexity index is 1070. The van der Waals surface area contributed by atoms with Gasteiger partial charge in [-0.05, 0) is 30.2 Å². The number of carbonyl (C=O) groups excluding carboxylic acids is 2. The normalized spacial score (nSPS) is 13.1. The van der Waals surface area contributed by atoms with Crippen LogP contribution in [0.4, 0.5) is 13.2 Å². The van der Waals surface area contributed by atoms with Gasteiger partial charge in [0.2, 0.25) is 0 Å². The fourth-order valence-electron chi connectivity index (χ4n) is 2.92. The largest absolute Gasteiger partial charge is 0.496 e. The summed E-state index contributed by atoms with van der Waals surface area (Å²) in [7, 11) is 1.49. The Labute approximate surface area is 186 Å². The Balaban J connectivity index is 1.65. The van der Waals surface area contributed by atoms with Gasteiger partial charge >= 0.3 is 12.1 Å². The number of aromatic nitrogens is 2. The Hall–Kier alpha value is -3.96. The van der Waals surface area contributed by atoms with Crippen LogP contribution >= 0.6 is 0 Å². The zero-order chi connectivity index (χ0) is 23.8. The van der Waals surface area contributed by atoms with Gasteiger partial charge in [0.25, 0.3) is 5.91 Å². The molecule has 1 aromatic carbocycles. The third-order valence-corrected chi connectivity index (χ3v) is 4.42. The van der Waals surface area contributed by atoms with Gasteiger partial charge in [-0.15, -0.1) is 0 Å². The molecule has 2 aromatic rings. The van der Waals surface area contributed by atoms with E-state index in [4.69, 9.17) is 9.47 Å². The first-order chi connectivity index (χ1) is 15.8. The van der Waals surface area contributed by atoms with Crippen molar-refractivity contribution < 1.29 is 32.2 Å². The van der Waals surface area contributed by atoms with E-state index in [9.17, 15) is 22.8 Å². The summed E-state index contributed by atoms with van der Waals surface area (Å²) in [5.74, 6) is -1.20. The summed E-state index contributed by atoms with van der Waals surface area (Å²) in [6, 6.07) is 5.11. The molecule has 0 unspecified atom stereocenters. The number of amidine groups is 1. The van der Waals surface area contributed by atoms with Gasteiger partial charge in [0.15, 0.2) is 0 Å². The molecule has 0 bridgehead atoms. The number of methoxy groups -OCH3 is 1. The monoisotopic (exact) mass is 463 g/mol. The Morgan fingerprint density at radius 1 is 1.18 bits per heavy atom. The molecule has 0 saturated heterocycles. The van der Waals surface area contributed by atoms with Crippen molar-refractivity contribution in [3.8, 4) is 11.5 Å². The van der Waals surface area contributed by atoms with Gasteiger partial charge in [0.1, 0.15) is 23.0 Å². The first kappa shape index (κ1) is 23.7. The van der Waals surface area contributed by atoms with Crippen molar-refractivity contribution in [2.24, 2.45) is 4.99 Å². The fourth-order valence-corrected chi connectivity index (χ4v) is 2.92. The molecule has 1 aliphatic heterocycles. The van der Waals surface area contributed by atoms with Crippen molar-refractivity contribution in [1.82, 2.24) is 20.6 Å². The second-order valence-electron chi connectivity index (χ2n) is 6.70. The van der Waals surface area contributed by atoms with E-state index in [1.807, 2.05) is 0 Å². The zero-order valence-corrected chi connectivity index (χ0v) is 17.5. The first-order valence-electron chi connectivity index (χ1n) is 9.77. The van der Waals surface area contributed by atoms with Gasteiger partial charge in [0.05, 0.1) is 32.0 Å². The van der Waals surface area contributed by atoms with Crippen LogP contribution < -0.4 is 20.1 Å². The molecule has 9 nitrogen and oxygen atoms in total. The minimum atomic E-state index is -4.92. The minimum Gasteiger partial charge on any atom is -0.496 e. The van der Waals surface area contributed by atoms with E-state index >= 15 is 0 Å². The third-order valence-electron chi connectivity index (χ3n) is 4.42. The molecular formula is C21H20F3N5O4. The lowest BCUT2D eigenvalue weighted by molar-refractivity contribution is -0.173. The topological polar surface area (TPSA) is 115 Å². The first-order valence-corrected chi connectivity index (χ1v) is 9.77. The number of carbonyl (C=O) groups is 2. The highest BCUT2D eigenvalue weighted by molar-refractivity contribution is 6.13. The molecule has 33 heavy (non-hydrogen) atoms. The quantitative estimate of drug-likeness (QED) is 0.580. The average molecular weight is 463 g/mol. The molecule has 174 valence electrons. The van der Waals surface area contributed by atoms with Crippen molar-refractivity contribution in [1.29, 1.82) is 0 Å². The molecular weight excluding hydrogens is 443 g/mol. The van der Waals surface area contributed by atoms with Gasteiger partial charge in [-0.1, -0.05) is 6.07 Å². The Morgan fingerprint density at radius 2 is 1.97 bits per heavy atom. The molecule has 1 aliphatic rings. The van der Waals surface area contributed by atoms with E-state index in [2.05, 4.69) is 20.3 Å². The molecule has 2 heterocycles. The predicted octanol–water partition coefficient (Wildman–Crippen LogP) is 2.16. The Morgan fingerprint density at radius 3 is 2.67 bits per heavy atom. The number of amides is 2. The summed E-state index contributed by atoms with van der Waals surface area (Å²) in [5, 5.41) is 4.44. The second kappa shape index (κ2) is 10.6. The summed E-state index contributed by atoms with van der Waals surface area (Å²) in [6.07, 6.45) is 1.10. The molecule has 0 fully saturated rings. The summed E-state index contributed by atoms with van der Waals surface area (Å²) in [5.41, 5.74) is 1.45. The van der Waals surface area contributed by atoms with E-state index in [-0.39, 0.29) is 31.8 Å². The maximum absolute atomic E-state index is 12.3. The maximum Gasteiger partial charge on any atom is 0.471 e. The number of halogens is 3. The number of alkyl halides is 3. The SMILES string of the molecule is COc1cccc(OCCCNC(=O)C(F)(F)F)c1C1=CC(NC(=O)c2cnccn2)=NC1. The van der Waals surface area contributed by atoms with Crippen molar-refractivity contribution in [3.05, 3.63) is 54.1 Å². The van der Waals surface area contributed by atoms with Crippen LogP contribution in [0.1, 0.15) is 22.5 Å². The van der Waals surface area contributed by atoms with Crippen LogP contribution in [-0.2, 0) is 4.79 Å². The summed E-state index contributed by atoms with van der Waals surface area (Å²) < 4.78 is 47.9. The van der Waals surface area contributed by atoms with E-state index in [0.29, 0.717) is 28.5 Å². The number of ether oxygens (including phenoxy) is 2. The lowest BCUT2D eigenvalue weighted by atomic mass is 10.0. The number of hydrogen-bond donors (Lipinski definition) is 2. The molecule has 3 rings (SSSR count). The molecule has 0 aliphatic carbocycles. The summed E-state index contributed by atoms with van der Waals surface area (Å²) in [4.78, 5) is 35.2. The summed E-state index contributed by atoms with van der Waals surface area (Å²) in [6.45, 7) is 0.110.